The lowest BCUT2D eigenvalue weighted by Gasteiger charge is -2.53. The maximum atomic E-state index is 6.29. The molecule has 1 aromatic heterocycles. The predicted octanol–water partition coefficient (Wildman–Crippen LogP) is 5.05. The molecule has 0 radical (unpaired) electrons. The summed E-state index contributed by atoms with van der Waals surface area (Å²) in [4.78, 5) is 11.4. The largest absolute Gasteiger partial charge is 0.382 e. The molecule has 2 aromatic rings. The van der Waals surface area contributed by atoms with Crippen molar-refractivity contribution < 1.29 is 0 Å². The van der Waals surface area contributed by atoms with Gasteiger partial charge in [0.05, 0.1) is 16.2 Å². The van der Waals surface area contributed by atoms with Gasteiger partial charge in [-0.3, -0.25) is 0 Å². The molecule has 4 nitrogen and oxygen atoms in total. The highest BCUT2D eigenvalue weighted by molar-refractivity contribution is 6.43. The number of nitrogen functional groups attached to an aromatic ring is 1. The molecule has 0 bridgehead atoms. The van der Waals surface area contributed by atoms with Crippen LogP contribution in [0.3, 0.4) is 0 Å². The summed E-state index contributed by atoms with van der Waals surface area (Å²) in [6.07, 6.45) is 7.02. The highest BCUT2D eigenvalue weighted by atomic mass is 35.5. The molecule has 2 N–H and O–H groups in total. The molecule has 1 aliphatic heterocycles. The van der Waals surface area contributed by atoms with Crippen LogP contribution in [-0.4, -0.2) is 23.1 Å². The Morgan fingerprint density at radius 2 is 1.96 bits per heavy atom. The number of hydrogen-bond acceptors (Lipinski definition) is 4. The van der Waals surface area contributed by atoms with Gasteiger partial charge in [-0.1, -0.05) is 42.3 Å². The molecule has 6 heteroatoms. The molecule has 25 heavy (non-hydrogen) atoms. The molecular formula is C19H22Cl2N4. The first kappa shape index (κ1) is 16.9. The number of nitrogens with zero attached hydrogens (tertiary/aromatic N) is 3. The van der Waals surface area contributed by atoms with E-state index in [1.807, 2.05) is 12.1 Å². The van der Waals surface area contributed by atoms with E-state index in [9.17, 15) is 0 Å². The van der Waals surface area contributed by atoms with E-state index < -0.39 is 0 Å². The first-order valence-electron chi connectivity index (χ1n) is 8.82. The zero-order valence-corrected chi connectivity index (χ0v) is 15.8. The average Bonchev–Trinajstić information content (AvgIpc) is 2.63. The molecular weight excluding hydrogens is 355 g/mol. The van der Waals surface area contributed by atoms with Crippen LogP contribution in [0.2, 0.25) is 10.0 Å². The summed E-state index contributed by atoms with van der Waals surface area (Å²) in [6.45, 7) is 4.44. The van der Waals surface area contributed by atoms with E-state index in [4.69, 9.17) is 28.9 Å². The molecule has 2 heterocycles. The summed E-state index contributed by atoms with van der Waals surface area (Å²) < 4.78 is 0. The number of anilines is 2. The number of rotatable bonds is 2. The molecule has 132 valence electrons. The van der Waals surface area contributed by atoms with Gasteiger partial charge in [0.25, 0.3) is 0 Å². The molecule has 0 amide bonds. The summed E-state index contributed by atoms with van der Waals surface area (Å²) in [5, 5.41) is 0.942. The predicted molar refractivity (Wildman–Crippen MR) is 104 cm³/mol. The highest BCUT2D eigenvalue weighted by Gasteiger charge is 2.45. The third-order valence-electron chi connectivity index (χ3n) is 6.20. The molecule has 4 rings (SSSR count). The van der Waals surface area contributed by atoms with Crippen molar-refractivity contribution in [3.05, 3.63) is 34.4 Å². The van der Waals surface area contributed by atoms with Crippen LogP contribution in [0.25, 0.3) is 11.3 Å². The minimum absolute atomic E-state index is 0.388. The topological polar surface area (TPSA) is 55.0 Å². The molecule has 1 saturated carbocycles. The minimum atomic E-state index is 0.388. The number of hydrogen-bond donors (Lipinski definition) is 1. The maximum absolute atomic E-state index is 6.29. The molecule has 0 unspecified atom stereocenters. The molecule has 1 aliphatic carbocycles. The van der Waals surface area contributed by atoms with Gasteiger partial charge in [0.15, 0.2) is 5.82 Å². The lowest BCUT2D eigenvalue weighted by Crippen LogP contribution is -2.48. The minimum Gasteiger partial charge on any atom is -0.382 e. The van der Waals surface area contributed by atoms with Gasteiger partial charge in [0, 0.05) is 18.7 Å². The Bertz CT molecular complexity index is 800. The summed E-state index contributed by atoms with van der Waals surface area (Å²) in [5.74, 6) is 2.10. The SMILES string of the molecule is C[C@H]1CCC12CCN(c1cnc(-c3cccc(Cl)c3Cl)c(N)n1)CC2. The fraction of sp³-hybridized carbons (Fsp3) is 0.474. The number of benzene rings is 1. The van der Waals surface area contributed by atoms with E-state index in [2.05, 4.69) is 21.8 Å². The third kappa shape index (κ3) is 2.85. The Hall–Kier alpha value is -1.52. The van der Waals surface area contributed by atoms with Crippen molar-refractivity contribution in [2.45, 2.75) is 32.6 Å². The number of aromatic nitrogens is 2. The summed E-state index contributed by atoms with van der Waals surface area (Å²) in [7, 11) is 0. The van der Waals surface area contributed by atoms with Gasteiger partial charge in [0.1, 0.15) is 11.5 Å². The third-order valence-corrected chi connectivity index (χ3v) is 7.02. The molecule has 1 atom stereocenters. The van der Waals surface area contributed by atoms with Gasteiger partial charge >= 0.3 is 0 Å². The molecule has 1 aromatic carbocycles. The van der Waals surface area contributed by atoms with Gasteiger partial charge in [-0.25, -0.2) is 9.97 Å². The van der Waals surface area contributed by atoms with Crippen LogP contribution < -0.4 is 10.6 Å². The first-order chi connectivity index (χ1) is 12.0. The van der Waals surface area contributed by atoms with Gasteiger partial charge in [-0.15, -0.1) is 0 Å². The zero-order chi connectivity index (χ0) is 17.6. The van der Waals surface area contributed by atoms with Crippen molar-refractivity contribution in [1.29, 1.82) is 0 Å². The highest BCUT2D eigenvalue weighted by Crippen LogP contribution is 2.53. The Labute approximate surface area is 158 Å². The lowest BCUT2D eigenvalue weighted by molar-refractivity contribution is 0.0163. The average molecular weight is 377 g/mol. The van der Waals surface area contributed by atoms with Crippen molar-refractivity contribution in [3.8, 4) is 11.3 Å². The van der Waals surface area contributed by atoms with Crippen LogP contribution in [0.4, 0.5) is 11.6 Å². The number of piperidine rings is 1. The normalized spacial score (nSPS) is 22.0. The van der Waals surface area contributed by atoms with Crippen LogP contribution in [-0.2, 0) is 0 Å². The molecule has 2 aliphatic rings. The quantitative estimate of drug-likeness (QED) is 0.796. The van der Waals surface area contributed by atoms with Crippen molar-refractivity contribution in [2.24, 2.45) is 11.3 Å². The lowest BCUT2D eigenvalue weighted by atomic mass is 9.56. The Balaban J connectivity index is 1.55. The second kappa shape index (κ2) is 6.33. The Morgan fingerprint density at radius 1 is 1.20 bits per heavy atom. The standard InChI is InChI=1S/C19H22Cl2N4/c1-12-5-6-19(12)7-9-25(10-8-19)15-11-23-17(18(22)24-15)13-3-2-4-14(20)16(13)21/h2-4,11-12H,5-10H2,1H3,(H2,22,24)/t12-/m0/s1. The van der Waals surface area contributed by atoms with Crippen molar-refractivity contribution in [3.63, 3.8) is 0 Å². The van der Waals surface area contributed by atoms with Crippen LogP contribution in [0, 0.1) is 11.3 Å². The smallest absolute Gasteiger partial charge is 0.152 e. The van der Waals surface area contributed by atoms with Gasteiger partial charge in [0.2, 0.25) is 0 Å². The fourth-order valence-corrected chi connectivity index (χ4v) is 4.60. The van der Waals surface area contributed by atoms with E-state index >= 15 is 0 Å². The van der Waals surface area contributed by atoms with E-state index in [0.717, 1.165) is 24.8 Å². The number of halogens is 2. The summed E-state index contributed by atoms with van der Waals surface area (Å²) in [6, 6.07) is 5.44. The van der Waals surface area contributed by atoms with Gasteiger partial charge in [-0.05, 0) is 43.1 Å². The Kier molecular flexibility index (Phi) is 4.28. The Morgan fingerprint density at radius 3 is 2.56 bits per heavy atom. The van der Waals surface area contributed by atoms with E-state index in [0.29, 0.717) is 32.5 Å². The second-order valence-electron chi connectivity index (χ2n) is 7.35. The summed E-state index contributed by atoms with van der Waals surface area (Å²) >= 11 is 12.4. The van der Waals surface area contributed by atoms with E-state index in [1.165, 1.54) is 25.7 Å². The van der Waals surface area contributed by atoms with Crippen LogP contribution in [0.5, 0.6) is 0 Å². The van der Waals surface area contributed by atoms with E-state index in [-0.39, 0.29) is 0 Å². The molecule has 2 fully saturated rings. The van der Waals surface area contributed by atoms with Crippen molar-refractivity contribution in [1.82, 2.24) is 9.97 Å². The van der Waals surface area contributed by atoms with Gasteiger partial charge < -0.3 is 10.6 Å². The van der Waals surface area contributed by atoms with Gasteiger partial charge in [-0.2, -0.15) is 0 Å². The maximum Gasteiger partial charge on any atom is 0.152 e. The summed E-state index contributed by atoms with van der Waals surface area (Å²) in [5.41, 5.74) is 8.06. The van der Waals surface area contributed by atoms with Crippen LogP contribution in [0.1, 0.15) is 32.6 Å². The first-order valence-corrected chi connectivity index (χ1v) is 9.58. The van der Waals surface area contributed by atoms with Crippen LogP contribution >= 0.6 is 23.2 Å². The van der Waals surface area contributed by atoms with Crippen LogP contribution in [0.15, 0.2) is 24.4 Å². The second-order valence-corrected chi connectivity index (χ2v) is 8.14. The van der Waals surface area contributed by atoms with E-state index in [1.54, 1.807) is 12.3 Å². The van der Waals surface area contributed by atoms with Crippen molar-refractivity contribution >= 4 is 34.8 Å². The zero-order valence-electron chi connectivity index (χ0n) is 14.3. The number of nitrogens with two attached hydrogens (primary N) is 1. The fourth-order valence-electron chi connectivity index (χ4n) is 4.21. The molecule has 1 saturated heterocycles. The van der Waals surface area contributed by atoms with Crippen molar-refractivity contribution in [2.75, 3.05) is 23.7 Å². The molecule has 1 spiro atoms. The monoisotopic (exact) mass is 376 g/mol.